The zero-order valence-electron chi connectivity index (χ0n) is 11.2. The second kappa shape index (κ2) is 5.82. The Kier molecular flexibility index (Phi) is 4.67. The van der Waals surface area contributed by atoms with E-state index in [2.05, 4.69) is 4.98 Å². The third-order valence-electron chi connectivity index (χ3n) is 2.75. The third kappa shape index (κ3) is 4.00. The first-order chi connectivity index (χ1) is 8.35. The van der Waals surface area contributed by atoms with Gasteiger partial charge in [0.05, 0.1) is 12.2 Å². The summed E-state index contributed by atoms with van der Waals surface area (Å²) in [6.07, 6.45) is 1.98. The highest BCUT2D eigenvalue weighted by Crippen LogP contribution is 2.20. The summed E-state index contributed by atoms with van der Waals surface area (Å²) in [5, 5.41) is 9.02. The van der Waals surface area contributed by atoms with Crippen LogP contribution in [-0.4, -0.2) is 35.4 Å². The van der Waals surface area contributed by atoms with Crippen LogP contribution in [0.2, 0.25) is 0 Å². The number of hydrogen-bond acceptors (Lipinski definition) is 4. The maximum atomic E-state index is 11.0. The molecule has 18 heavy (non-hydrogen) atoms. The van der Waals surface area contributed by atoms with Gasteiger partial charge in [0.25, 0.3) is 0 Å². The second-order valence-electron chi connectivity index (χ2n) is 4.69. The van der Waals surface area contributed by atoms with Gasteiger partial charge >= 0.3 is 5.97 Å². The number of carboxylic acid groups (broad SMARTS) is 1. The van der Waals surface area contributed by atoms with Gasteiger partial charge in [-0.15, -0.1) is 0 Å². The molecular formula is C13H19NO4. The number of rotatable bonds is 6. The Morgan fingerprint density at radius 3 is 2.72 bits per heavy atom. The van der Waals surface area contributed by atoms with Gasteiger partial charge in [0.1, 0.15) is 11.3 Å². The van der Waals surface area contributed by atoms with Crippen molar-refractivity contribution in [2.24, 2.45) is 0 Å². The maximum Gasteiger partial charge on any atom is 0.341 e. The van der Waals surface area contributed by atoms with E-state index in [1.807, 2.05) is 13.8 Å². The van der Waals surface area contributed by atoms with E-state index in [-0.39, 0.29) is 11.2 Å². The molecule has 5 nitrogen and oxygen atoms in total. The van der Waals surface area contributed by atoms with E-state index in [0.29, 0.717) is 18.8 Å². The van der Waals surface area contributed by atoms with Gasteiger partial charge in [0.2, 0.25) is 0 Å². The number of carbonyl (C=O) groups is 1. The highest BCUT2D eigenvalue weighted by molar-refractivity contribution is 5.90. The Morgan fingerprint density at radius 1 is 1.50 bits per heavy atom. The Labute approximate surface area is 107 Å². The number of aromatic nitrogens is 1. The molecule has 0 amide bonds. The first kappa shape index (κ1) is 14.4. The SMILES string of the molecule is COC(C)(C)CCOc1cc(C)ncc1C(=O)O. The Balaban J connectivity index is 2.72. The van der Waals surface area contributed by atoms with Crippen LogP contribution in [0.4, 0.5) is 0 Å². The minimum atomic E-state index is -1.04. The van der Waals surface area contributed by atoms with Crippen LogP contribution >= 0.6 is 0 Å². The van der Waals surface area contributed by atoms with Crippen LogP contribution in [0.3, 0.4) is 0 Å². The molecule has 0 aliphatic carbocycles. The standard InChI is InChI=1S/C13H19NO4/c1-9-7-11(10(8-14-9)12(15)16)18-6-5-13(2,3)17-4/h7-8H,5-6H2,1-4H3,(H,15,16). The molecule has 0 aliphatic rings. The maximum absolute atomic E-state index is 11.0. The molecule has 1 N–H and O–H groups in total. The van der Waals surface area contributed by atoms with Gasteiger partial charge in [-0.1, -0.05) is 0 Å². The lowest BCUT2D eigenvalue weighted by Crippen LogP contribution is -2.25. The average Bonchev–Trinajstić information content (AvgIpc) is 2.28. The smallest absolute Gasteiger partial charge is 0.341 e. The van der Waals surface area contributed by atoms with E-state index < -0.39 is 5.97 Å². The fourth-order valence-corrected chi connectivity index (χ4v) is 1.32. The van der Waals surface area contributed by atoms with E-state index in [1.54, 1.807) is 20.1 Å². The lowest BCUT2D eigenvalue weighted by Gasteiger charge is -2.22. The lowest BCUT2D eigenvalue weighted by molar-refractivity contribution is 0.00537. The van der Waals surface area contributed by atoms with Gasteiger partial charge in [-0.2, -0.15) is 0 Å². The van der Waals surface area contributed by atoms with Crippen LogP contribution in [0.1, 0.15) is 36.3 Å². The summed E-state index contributed by atoms with van der Waals surface area (Å²) >= 11 is 0. The molecule has 0 aliphatic heterocycles. The number of aromatic carboxylic acids is 1. The van der Waals surface area contributed by atoms with Crippen LogP contribution in [-0.2, 0) is 4.74 Å². The van der Waals surface area contributed by atoms with Crippen molar-refractivity contribution in [2.45, 2.75) is 32.8 Å². The fraction of sp³-hybridized carbons (Fsp3) is 0.538. The summed E-state index contributed by atoms with van der Waals surface area (Å²) in [6, 6.07) is 1.63. The topological polar surface area (TPSA) is 68.7 Å². The molecule has 100 valence electrons. The monoisotopic (exact) mass is 253 g/mol. The van der Waals surface area contributed by atoms with Crippen molar-refractivity contribution in [3.63, 3.8) is 0 Å². The van der Waals surface area contributed by atoms with Gasteiger partial charge in [0, 0.05) is 31.5 Å². The summed E-state index contributed by atoms with van der Waals surface area (Å²) in [6.45, 7) is 6.08. The van der Waals surface area contributed by atoms with Gasteiger partial charge in [-0.05, 0) is 20.8 Å². The number of ether oxygens (including phenoxy) is 2. The van der Waals surface area contributed by atoms with E-state index in [1.165, 1.54) is 6.20 Å². The van der Waals surface area contributed by atoms with Crippen LogP contribution in [0.5, 0.6) is 5.75 Å². The molecule has 0 aromatic carbocycles. The summed E-state index contributed by atoms with van der Waals surface area (Å²) in [5.74, 6) is -0.689. The molecule has 0 bridgehead atoms. The van der Waals surface area contributed by atoms with Crippen LogP contribution < -0.4 is 4.74 Å². The zero-order valence-corrected chi connectivity index (χ0v) is 11.2. The van der Waals surface area contributed by atoms with Crippen LogP contribution in [0.15, 0.2) is 12.3 Å². The van der Waals surface area contributed by atoms with E-state index >= 15 is 0 Å². The van der Waals surface area contributed by atoms with Gasteiger partial charge in [-0.3, -0.25) is 4.98 Å². The highest BCUT2D eigenvalue weighted by Gasteiger charge is 2.17. The number of methoxy groups -OCH3 is 1. The van der Waals surface area contributed by atoms with Gasteiger partial charge in [-0.25, -0.2) is 4.79 Å². The molecule has 0 unspecified atom stereocenters. The second-order valence-corrected chi connectivity index (χ2v) is 4.69. The number of hydrogen-bond donors (Lipinski definition) is 1. The Hall–Kier alpha value is -1.62. The minimum Gasteiger partial charge on any atom is -0.492 e. The number of pyridine rings is 1. The normalized spacial score (nSPS) is 11.3. The predicted molar refractivity (Wildman–Crippen MR) is 67.1 cm³/mol. The average molecular weight is 253 g/mol. The molecule has 1 rings (SSSR count). The number of nitrogens with zero attached hydrogens (tertiary/aromatic N) is 1. The summed E-state index contributed by atoms with van der Waals surface area (Å²) in [7, 11) is 1.64. The minimum absolute atomic E-state index is 0.0795. The molecule has 1 aromatic heterocycles. The van der Waals surface area contributed by atoms with Crippen molar-refractivity contribution in [3.8, 4) is 5.75 Å². The van der Waals surface area contributed by atoms with Crippen molar-refractivity contribution >= 4 is 5.97 Å². The van der Waals surface area contributed by atoms with Crippen molar-refractivity contribution in [1.29, 1.82) is 0 Å². The Bertz CT molecular complexity index is 429. The first-order valence-electron chi connectivity index (χ1n) is 5.73. The van der Waals surface area contributed by atoms with E-state index in [4.69, 9.17) is 14.6 Å². The van der Waals surface area contributed by atoms with Crippen molar-refractivity contribution in [1.82, 2.24) is 4.98 Å². The third-order valence-corrected chi connectivity index (χ3v) is 2.75. The molecule has 1 aromatic rings. The molecule has 0 saturated heterocycles. The van der Waals surface area contributed by atoms with Crippen molar-refractivity contribution in [2.75, 3.05) is 13.7 Å². The van der Waals surface area contributed by atoms with Gasteiger partial charge < -0.3 is 14.6 Å². The van der Waals surface area contributed by atoms with Crippen molar-refractivity contribution in [3.05, 3.63) is 23.5 Å². The molecule has 1 heterocycles. The molecule has 0 spiro atoms. The predicted octanol–water partition coefficient (Wildman–Crippen LogP) is 2.28. The summed E-state index contributed by atoms with van der Waals surface area (Å²) < 4.78 is 10.8. The van der Waals surface area contributed by atoms with E-state index in [9.17, 15) is 4.79 Å². The Morgan fingerprint density at radius 2 is 2.17 bits per heavy atom. The van der Waals surface area contributed by atoms with E-state index in [0.717, 1.165) is 5.69 Å². The first-order valence-corrected chi connectivity index (χ1v) is 5.73. The fourth-order valence-electron chi connectivity index (χ4n) is 1.32. The number of aryl methyl sites for hydroxylation is 1. The van der Waals surface area contributed by atoms with Crippen LogP contribution in [0, 0.1) is 6.92 Å². The lowest BCUT2D eigenvalue weighted by atomic mass is 10.1. The van der Waals surface area contributed by atoms with Crippen molar-refractivity contribution < 1.29 is 19.4 Å². The number of carboxylic acids is 1. The molecule has 0 atom stereocenters. The largest absolute Gasteiger partial charge is 0.492 e. The quantitative estimate of drug-likeness (QED) is 0.842. The van der Waals surface area contributed by atoms with Gasteiger partial charge in [0.15, 0.2) is 0 Å². The highest BCUT2D eigenvalue weighted by atomic mass is 16.5. The molecule has 0 saturated carbocycles. The molecule has 0 fully saturated rings. The zero-order chi connectivity index (χ0) is 13.8. The molecule has 5 heteroatoms. The summed E-state index contributed by atoms with van der Waals surface area (Å²) in [4.78, 5) is 15.0. The molecule has 0 radical (unpaired) electrons. The molecular weight excluding hydrogens is 234 g/mol. The summed E-state index contributed by atoms with van der Waals surface area (Å²) in [5.41, 5.74) is 0.516. The van der Waals surface area contributed by atoms with Crippen LogP contribution in [0.25, 0.3) is 0 Å².